The van der Waals surface area contributed by atoms with Crippen LogP contribution in [0.3, 0.4) is 0 Å². The molecule has 4 rings (SSSR count). The molecule has 0 saturated heterocycles. The Morgan fingerprint density at radius 1 is 1.26 bits per heavy atom. The zero-order chi connectivity index (χ0) is 13.2. The molecule has 0 heterocycles. The summed E-state index contributed by atoms with van der Waals surface area (Å²) in [6, 6.07) is 4.37. The van der Waals surface area contributed by atoms with Gasteiger partial charge in [0.05, 0.1) is 5.60 Å². The summed E-state index contributed by atoms with van der Waals surface area (Å²) in [5.74, 6) is 2.02. The summed E-state index contributed by atoms with van der Waals surface area (Å²) in [5, 5.41) is 11.7. The highest BCUT2D eigenvalue weighted by Crippen LogP contribution is 2.65. The van der Waals surface area contributed by atoms with Crippen molar-refractivity contribution < 1.29 is 9.50 Å². The summed E-state index contributed by atoms with van der Waals surface area (Å²) in [6.07, 6.45) is 5.69. The van der Waals surface area contributed by atoms with Crippen LogP contribution in [0.15, 0.2) is 18.2 Å². The van der Waals surface area contributed by atoms with Gasteiger partial charge in [-0.25, -0.2) is 4.39 Å². The van der Waals surface area contributed by atoms with E-state index in [0.29, 0.717) is 22.4 Å². The van der Waals surface area contributed by atoms with Crippen molar-refractivity contribution in [3.05, 3.63) is 34.6 Å². The Bertz CT molecular complexity index is 531. The van der Waals surface area contributed by atoms with Crippen LogP contribution in [-0.4, -0.2) is 5.11 Å². The lowest BCUT2D eigenvalue weighted by molar-refractivity contribution is -0.0513. The molecule has 0 aromatic heterocycles. The molecule has 3 aliphatic carbocycles. The maximum atomic E-state index is 13.5. The lowest BCUT2D eigenvalue weighted by atomic mass is 9.70. The minimum atomic E-state index is -0.893. The van der Waals surface area contributed by atoms with Crippen LogP contribution in [0.5, 0.6) is 0 Å². The van der Waals surface area contributed by atoms with Crippen molar-refractivity contribution in [2.45, 2.75) is 37.7 Å². The number of halogens is 2. The van der Waals surface area contributed by atoms with Gasteiger partial charge < -0.3 is 5.11 Å². The number of hydrogen-bond donors (Lipinski definition) is 1. The minimum absolute atomic E-state index is 0.282. The molecule has 3 saturated carbocycles. The van der Waals surface area contributed by atoms with Crippen LogP contribution in [0.25, 0.3) is 0 Å². The van der Waals surface area contributed by atoms with E-state index in [4.69, 9.17) is 11.6 Å². The molecule has 0 radical (unpaired) electrons. The second kappa shape index (κ2) is 3.95. The van der Waals surface area contributed by atoms with Crippen molar-refractivity contribution >= 4 is 11.6 Å². The third kappa shape index (κ3) is 1.56. The van der Waals surface area contributed by atoms with Gasteiger partial charge in [0, 0.05) is 10.6 Å². The van der Waals surface area contributed by atoms with Crippen LogP contribution >= 0.6 is 11.6 Å². The highest BCUT2D eigenvalue weighted by atomic mass is 35.5. The summed E-state index contributed by atoms with van der Waals surface area (Å²) >= 11 is 6.22. The predicted octanol–water partition coefficient (Wildman–Crippen LogP) is 4.12. The summed E-state index contributed by atoms with van der Waals surface area (Å²) in [5.41, 5.74) is -0.276. The van der Waals surface area contributed by atoms with E-state index in [1.807, 2.05) is 0 Å². The summed E-state index contributed by atoms with van der Waals surface area (Å²) in [4.78, 5) is 0. The van der Waals surface area contributed by atoms with Crippen LogP contribution < -0.4 is 0 Å². The van der Waals surface area contributed by atoms with Gasteiger partial charge in [-0.2, -0.15) is 0 Å². The number of rotatable bonds is 1. The second-order valence-corrected chi connectivity index (χ2v) is 7.02. The monoisotopic (exact) mass is 280 g/mol. The highest BCUT2D eigenvalue weighted by Gasteiger charge is 2.61. The van der Waals surface area contributed by atoms with Gasteiger partial charge >= 0.3 is 0 Å². The Balaban J connectivity index is 1.77. The first-order chi connectivity index (χ1) is 9.09. The largest absolute Gasteiger partial charge is 0.385 e. The number of benzene rings is 1. The van der Waals surface area contributed by atoms with Gasteiger partial charge in [0.2, 0.25) is 0 Å². The van der Waals surface area contributed by atoms with Crippen LogP contribution in [0.4, 0.5) is 4.39 Å². The molecule has 1 N–H and O–H groups in total. The molecular weight excluding hydrogens is 263 g/mol. The lowest BCUT2D eigenvalue weighted by Crippen LogP contribution is -2.39. The van der Waals surface area contributed by atoms with Gasteiger partial charge in [-0.15, -0.1) is 0 Å². The topological polar surface area (TPSA) is 20.2 Å². The maximum absolute atomic E-state index is 13.5. The van der Waals surface area contributed by atoms with E-state index in [1.165, 1.54) is 31.4 Å². The molecule has 0 aliphatic heterocycles. The van der Waals surface area contributed by atoms with Crippen molar-refractivity contribution in [2.24, 2.45) is 23.7 Å². The molecule has 0 spiro atoms. The zero-order valence-corrected chi connectivity index (χ0v) is 11.5. The Hall–Kier alpha value is -0.600. The fourth-order valence-electron chi connectivity index (χ4n) is 5.25. The van der Waals surface area contributed by atoms with Crippen LogP contribution in [0.1, 0.15) is 37.7 Å². The first-order valence-corrected chi connectivity index (χ1v) is 7.65. The molecule has 2 bridgehead atoms. The van der Waals surface area contributed by atoms with Gasteiger partial charge in [0.25, 0.3) is 0 Å². The maximum Gasteiger partial charge on any atom is 0.123 e. The molecule has 3 fully saturated rings. The Morgan fingerprint density at radius 3 is 2.89 bits per heavy atom. The van der Waals surface area contributed by atoms with Crippen LogP contribution in [0.2, 0.25) is 5.02 Å². The van der Waals surface area contributed by atoms with Crippen LogP contribution in [-0.2, 0) is 5.60 Å². The standard InChI is InChI=1S/C16H18ClFO/c17-15-5-4-10(18)7-14(15)16(19)8-9-6-13(16)12-3-1-2-11(9)12/h4-5,7,9,11-13,19H,1-3,6,8H2. The van der Waals surface area contributed by atoms with E-state index in [-0.39, 0.29) is 11.7 Å². The van der Waals surface area contributed by atoms with Gasteiger partial charge in [-0.3, -0.25) is 0 Å². The van der Waals surface area contributed by atoms with E-state index in [2.05, 4.69) is 0 Å². The van der Waals surface area contributed by atoms with Gasteiger partial charge in [-0.05, 0) is 67.6 Å². The number of hydrogen-bond acceptors (Lipinski definition) is 1. The summed E-state index contributed by atoms with van der Waals surface area (Å²) in [6.45, 7) is 0. The fourth-order valence-corrected chi connectivity index (χ4v) is 5.53. The molecule has 1 nitrogen and oxygen atoms in total. The average molecular weight is 281 g/mol. The van der Waals surface area contributed by atoms with E-state index in [0.717, 1.165) is 18.8 Å². The summed E-state index contributed by atoms with van der Waals surface area (Å²) < 4.78 is 13.5. The smallest absolute Gasteiger partial charge is 0.123 e. The first kappa shape index (κ1) is 12.2. The molecule has 3 aliphatic rings. The molecule has 0 amide bonds. The van der Waals surface area contributed by atoms with Gasteiger partial charge in [0.15, 0.2) is 0 Å². The van der Waals surface area contributed by atoms with Gasteiger partial charge in [0.1, 0.15) is 5.82 Å². The van der Waals surface area contributed by atoms with E-state index in [1.54, 1.807) is 6.07 Å². The lowest BCUT2D eigenvalue weighted by Gasteiger charge is -2.39. The molecule has 1 aromatic rings. The van der Waals surface area contributed by atoms with Crippen molar-refractivity contribution in [3.63, 3.8) is 0 Å². The van der Waals surface area contributed by atoms with Crippen molar-refractivity contribution in [3.8, 4) is 0 Å². The molecular formula is C16H18ClFO. The second-order valence-electron chi connectivity index (χ2n) is 6.61. The van der Waals surface area contributed by atoms with Crippen molar-refractivity contribution in [1.82, 2.24) is 0 Å². The summed E-state index contributed by atoms with van der Waals surface area (Å²) in [7, 11) is 0. The average Bonchev–Trinajstić information content (AvgIpc) is 3.02. The van der Waals surface area contributed by atoms with E-state index in [9.17, 15) is 9.50 Å². The molecule has 102 valence electrons. The molecule has 5 unspecified atom stereocenters. The SMILES string of the molecule is OC1(c2cc(F)ccc2Cl)CC2CC1C1CCCC21. The third-order valence-corrected chi connectivity index (χ3v) is 6.22. The van der Waals surface area contributed by atoms with E-state index >= 15 is 0 Å². The number of fused-ring (bicyclic) bond motifs is 5. The van der Waals surface area contributed by atoms with Crippen LogP contribution in [0, 0.1) is 29.5 Å². The Kier molecular flexibility index (Phi) is 2.53. The molecule has 3 heteroatoms. The highest BCUT2D eigenvalue weighted by molar-refractivity contribution is 6.31. The first-order valence-electron chi connectivity index (χ1n) is 7.27. The normalized spacial score (nSPS) is 43.7. The quantitative estimate of drug-likeness (QED) is 0.820. The molecule has 19 heavy (non-hydrogen) atoms. The Morgan fingerprint density at radius 2 is 2.05 bits per heavy atom. The minimum Gasteiger partial charge on any atom is -0.385 e. The number of aliphatic hydroxyl groups is 1. The Labute approximate surface area is 117 Å². The van der Waals surface area contributed by atoms with Crippen molar-refractivity contribution in [2.75, 3.05) is 0 Å². The zero-order valence-electron chi connectivity index (χ0n) is 10.8. The fraction of sp³-hybridized carbons (Fsp3) is 0.625. The third-order valence-electron chi connectivity index (χ3n) is 5.89. The molecule has 1 aromatic carbocycles. The van der Waals surface area contributed by atoms with Gasteiger partial charge in [-0.1, -0.05) is 18.0 Å². The van der Waals surface area contributed by atoms with Crippen molar-refractivity contribution in [1.29, 1.82) is 0 Å². The predicted molar refractivity (Wildman–Crippen MR) is 72.4 cm³/mol. The molecule has 5 atom stereocenters. The van der Waals surface area contributed by atoms with E-state index < -0.39 is 5.60 Å².